The second-order valence-electron chi connectivity index (χ2n) is 11.5. The minimum atomic E-state index is -2.39. The molecule has 0 amide bonds. The number of aliphatic hydroxyl groups excluding tert-OH is 1. The van der Waals surface area contributed by atoms with Crippen molar-refractivity contribution in [3.05, 3.63) is 0 Å². The molecule has 196 valence electrons. The molecule has 0 aromatic carbocycles. The average molecular weight is 483 g/mol. The maximum absolute atomic E-state index is 11.4. The van der Waals surface area contributed by atoms with Crippen molar-refractivity contribution in [2.24, 2.45) is 0 Å². The second kappa shape index (κ2) is 7.07. The molecule has 10 atom stereocenters. The van der Waals surface area contributed by atoms with Gasteiger partial charge in [0, 0.05) is 0 Å². The van der Waals surface area contributed by atoms with Gasteiger partial charge in [-0.25, -0.2) is 0 Å². The summed E-state index contributed by atoms with van der Waals surface area (Å²) in [6, 6.07) is 0. The molecule has 0 bridgehead atoms. The molecular formula is C22H42O11. The maximum atomic E-state index is 11.4. The van der Waals surface area contributed by atoms with Crippen LogP contribution in [-0.4, -0.2) is 110 Å². The monoisotopic (exact) mass is 482 g/mol. The van der Waals surface area contributed by atoms with Gasteiger partial charge in [0.25, 0.3) is 0 Å². The summed E-state index contributed by atoms with van der Waals surface area (Å²) in [5, 5.41) is 87.5. The Hall–Kier alpha value is -0.440. The average Bonchev–Trinajstić information content (AvgIpc) is 2.63. The highest BCUT2D eigenvalue weighted by molar-refractivity contribution is 5.24. The first kappa shape index (κ1) is 28.8. The van der Waals surface area contributed by atoms with Gasteiger partial charge >= 0.3 is 0 Å². The highest BCUT2D eigenvalue weighted by Crippen LogP contribution is 2.56. The van der Waals surface area contributed by atoms with E-state index in [1.165, 1.54) is 41.5 Å². The van der Waals surface area contributed by atoms with Crippen LogP contribution in [0.5, 0.6) is 0 Å². The lowest BCUT2D eigenvalue weighted by atomic mass is 9.58. The second-order valence-corrected chi connectivity index (χ2v) is 11.5. The third-order valence-electron chi connectivity index (χ3n) is 9.41. The van der Waals surface area contributed by atoms with E-state index in [1.54, 1.807) is 0 Å². The van der Waals surface area contributed by atoms with Crippen LogP contribution in [-0.2, 0) is 14.2 Å². The molecule has 2 saturated heterocycles. The van der Waals surface area contributed by atoms with Gasteiger partial charge in [0.2, 0.25) is 0 Å². The Kier molecular flexibility index (Phi) is 6.17. The minimum Gasteiger partial charge on any atom is -0.393 e. The van der Waals surface area contributed by atoms with E-state index >= 15 is 0 Å². The zero-order chi connectivity index (χ0) is 26.5. The molecule has 0 spiro atoms. The summed E-state index contributed by atoms with van der Waals surface area (Å²) in [6.07, 6.45) is 0. The highest BCUT2D eigenvalue weighted by Gasteiger charge is 2.77. The first-order valence-electron chi connectivity index (χ1n) is 10.9. The van der Waals surface area contributed by atoms with Gasteiger partial charge in [-0.05, 0) is 69.2 Å². The zero-order valence-corrected chi connectivity index (χ0v) is 21.2. The van der Waals surface area contributed by atoms with Crippen molar-refractivity contribution in [3.63, 3.8) is 0 Å². The lowest BCUT2D eigenvalue weighted by Crippen LogP contribution is -2.86. The molecule has 0 radical (unpaired) electrons. The molecule has 0 aromatic heterocycles. The van der Waals surface area contributed by atoms with Gasteiger partial charge < -0.3 is 55.1 Å². The molecule has 2 aliphatic heterocycles. The van der Waals surface area contributed by atoms with Crippen LogP contribution in [0.2, 0.25) is 0 Å². The van der Waals surface area contributed by atoms with Crippen LogP contribution in [0.3, 0.4) is 0 Å². The molecule has 10 unspecified atom stereocenters. The van der Waals surface area contributed by atoms with Crippen molar-refractivity contribution in [2.75, 3.05) is 13.2 Å². The van der Waals surface area contributed by atoms with Gasteiger partial charge in [0.1, 0.15) is 44.8 Å². The largest absolute Gasteiger partial charge is 0.393 e. The lowest BCUT2D eigenvalue weighted by molar-refractivity contribution is -0.499. The van der Waals surface area contributed by atoms with Crippen LogP contribution in [0.25, 0.3) is 0 Å². The first-order valence-corrected chi connectivity index (χ1v) is 10.9. The van der Waals surface area contributed by atoms with Gasteiger partial charge in [-0.3, -0.25) is 0 Å². The van der Waals surface area contributed by atoms with Crippen molar-refractivity contribution in [1.82, 2.24) is 0 Å². The first-order chi connectivity index (χ1) is 14.2. The smallest absolute Gasteiger partial charge is 0.200 e. The Bertz CT molecular complexity index is 785. The predicted molar refractivity (Wildman–Crippen MR) is 115 cm³/mol. The van der Waals surface area contributed by atoms with E-state index in [2.05, 4.69) is 0 Å². The van der Waals surface area contributed by atoms with Gasteiger partial charge in [-0.1, -0.05) is 0 Å². The Morgan fingerprint density at radius 3 is 1.33 bits per heavy atom. The number of hydrogen-bond acceptors (Lipinski definition) is 11. The Morgan fingerprint density at radius 1 is 0.515 bits per heavy atom. The van der Waals surface area contributed by atoms with E-state index in [-0.39, 0.29) is 0 Å². The molecule has 11 heteroatoms. The standard InChI is InChI=1S/C22H42O11/c1-13(11-23)15(3,24)17(5,26)16(4,25)14(2,32-13)12-31-22(10)20(8,29)18(6,27)19(7,28)21(9,30)33-22/h23-30H,11-12H2,1-10H3. The van der Waals surface area contributed by atoms with Crippen LogP contribution in [0.15, 0.2) is 0 Å². The molecule has 8 N–H and O–H groups in total. The van der Waals surface area contributed by atoms with Gasteiger partial charge in [-0.2, -0.15) is 0 Å². The molecule has 2 heterocycles. The summed E-state index contributed by atoms with van der Waals surface area (Å²) in [6.45, 7) is 10.7. The summed E-state index contributed by atoms with van der Waals surface area (Å²) >= 11 is 0. The van der Waals surface area contributed by atoms with E-state index in [9.17, 15) is 40.9 Å². The SMILES string of the molecule is CC1(O)OC(C)(OCC2(C)OC(C)(CO)C(C)(O)C(C)(O)C2(C)O)C(C)(O)C(C)(O)C1(C)O. The maximum Gasteiger partial charge on any atom is 0.200 e. The predicted octanol–water partition coefficient (Wildman–Crippen LogP) is -1.50. The number of rotatable bonds is 4. The minimum absolute atomic E-state index is 0.608. The van der Waals surface area contributed by atoms with Crippen LogP contribution < -0.4 is 0 Å². The van der Waals surface area contributed by atoms with E-state index in [1.807, 2.05) is 0 Å². The third kappa shape index (κ3) is 3.15. The molecule has 2 aliphatic rings. The van der Waals surface area contributed by atoms with Crippen LogP contribution in [0.1, 0.15) is 69.2 Å². The zero-order valence-electron chi connectivity index (χ0n) is 21.2. The fraction of sp³-hybridized carbons (Fsp3) is 1.00. The summed E-state index contributed by atoms with van der Waals surface area (Å²) in [5.74, 6) is -4.56. The topological polar surface area (TPSA) is 190 Å². The molecule has 2 fully saturated rings. The van der Waals surface area contributed by atoms with Crippen molar-refractivity contribution >= 4 is 0 Å². The van der Waals surface area contributed by atoms with E-state index in [4.69, 9.17) is 14.2 Å². The molecule has 0 saturated carbocycles. The van der Waals surface area contributed by atoms with Crippen molar-refractivity contribution in [2.45, 2.75) is 126 Å². The fourth-order valence-corrected chi connectivity index (χ4v) is 4.95. The van der Waals surface area contributed by atoms with Gasteiger partial charge in [-0.15, -0.1) is 0 Å². The van der Waals surface area contributed by atoms with Gasteiger partial charge in [0.15, 0.2) is 11.6 Å². The van der Waals surface area contributed by atoms with E-state index in [0.29, 0.717) is 0 Å². The number of hydrogen-bond donors (Lipinski definition) is 8. The van der Waals surface area contributed by atoms with Crippen molar-refractivity contribution in [1.29, 1.82) is 0 Å². The van der Waals surface area contributed by atoms with Crippen LogP contribution in [0, 0.1) is 0 Å². The third-order valence-corrected chi connectivity index (χ3v) is 9.41. The summed E-state index contributed by atoms with van der Waals surface area (Å²) in [7, 11) is 0. The summed E-state index contributed by atoms with van der Waals surface area (Å²) in [5.41, 5.74) is -17.1. The van der Waals surface area contributed by atoms with E-state index < -0.39 is 69.6 Å². The van der Waals surface area contributed by atoms with E-state index in [0.717, 1.165) is 27.7 Å². The van der Waals surface area contributed by atoms with Crippen LogP contribution in [0.4, 0.5) is 0 Å². The molecule has 11 nitrogen and oxygen atoms in total. The van der Waals surface area contributed by atoms with Crippen LogP contribution >= 0.6 is 0 Å². The Labute approximate surface area is 194 Å². The van der Waals surface area contributed by atoms with Gasteiger partial charge in [0.05, 0.1) is 13.2 Å². The Morgan fingerprint density at radius 2 is 0.909 bits per heavy atom. The van der Waals surface area contributed by atoms with Crippen molar-refractivity contribution < 1.29 is 55.1 Å². The molecule has 0 aromatic rings. The fourth-order valence-electron chi connectivity index (χ4n) is 4.95. The molecule has 2 rings (SSSR count). The molecule has 0 aliphatic carbocycles. The summed E-state index contributed by atoms with van der Waals surface area (Å²) in [4.78, 5) is 0. The highest BCUT2D eigenvalue weighted by atomic mass is 16.8. The lowest BCUT2D eigenvalue weighted by Gasteiger charge is -2.67. The number of aliphatic hydroxyl groups is 8. The molecular weight excluding hydrogens is 440 g/mol. The summed E-state index contributed by atoms with van der Waals surface area (Å²) < 4.78 is 17.4. The number of ether oxygens (including phenoxy) is 3. The molecule has 33 heavy (non-hydrogen) atoms. The van der Waals surface area contributed by atoms with Crippen molar-refractivity contribution in [3.8, 4) is 0 Å². The normalized spacial score (nSPS) is 62.4. The quantitative estimate of drug-likeness (QED) is 0.233. The Balaban J connectivity index is 2.55.